The molecule has 0 fully saturated rings. The molecule has 0 bridgehead atoms. The van der Waals surface area contributed by atoms with Crippen molar-refractivity contribution in [1.82, 2.24) is 20.5 Å². The Kier molecular flexibility index (Phi) is 5.95. The van der Waals surface area contributed by atoms with Crippen molar-refractivity contribution in [3.05, 3.63) is 16.1 Å². The first-order valence-electron chi connectivity index (χ1n) is 6.84. The highest BCUT2D eigenvalue weighted by Crippen LogP contribution is 2.20. The van der Waals surface area contributed by atoms with Gasteiger partial charge in [-0.05, 0) is 34.9 Å². The van der Waals surface area contributed by atoms with Crippen LogP contribution in [0.4, 0.5) is 4.79 Å². The fourth-order valence-corrected chi connectivity index (χ4v) is 2.28. The van der Waals surface area contributed by atoms with E-state index in [9.17, 15) is 4.79 Å². The second kappa shape index (κ2) is 7.04. The number of rotatable bonds is 6. The molecule has 1 aromatic heterocycles. The quantitative estimate of drug-likeness (QED) is 0.846. The normalized spacial score (nSPS) is 13.3. The third-order valence-electron chi connectivity index (χ3n) is 3.52. The van der Waals surface area contributed by atoms with Crippen molar-refractivity contribution >= 4 is 17.4 Å². The molecule has 0 aliphatic carbocycles. The van der Waals surface area contributed by atoms with Crippen LogP contribution in [0.5, 0.6) is 0 Å². The number of carbonyl (C=O) groups is 1. The molecule has 2 amide bonds. The molecule has 0 saturated heterocycles. The fourth-order valence-electron chi connectivity index (χ4n) is 1.45. The Hall–Kier alpha value is -1.14. The number of likely N-dealkylation sites (N-methyl/N-ethyl adjacent to an activating group) is 1. The number of aryl methyl sites for hydroxylation is 1. The van der Waals surface area contributed by atoms with Crippen LogP contribution in [0, 0.1) is 6.92 Å². The van der Waals surface area contributed by atoms with Gasteiger partial charge >= 0.3 is 6.03 Å². The Balaban J connectivity index is 2.33. The van der Waals surface area contributed by atoms with Gasteiger partial charge in [-0.2, -0.15) is 0 Å². The Labute approximate surface area is 125 Å². The summed E-state index contributed by atoms with van der Waals surface area (Å²) >= 11 is 1.68. The molecule has 6 heteroatoms. The van der Waals surface area contributed by atoms with Gasteiger partial charge in [0.2, 0.25) is 0 Å². The number of aromatic nitrogens is 1. The van der Waals surface area contributed by atoms with Gasteiger partial charge in [0.1, 0.15) is 0 Å². The van der Waals surface area contributed by atoms with E-state index in [-0.39, 0.29) is 17.5 Å². The highest BCUT2D eigenvalue weighted by atomic mass is 32.1. The molecular formula is C14H26N4OS. The summed E-state index contributed by atoms with van der Waals surface area (Å²) in [7, 11) is 4.01. The second-order valence-corrected chi connectivity index (χ2v) is 7.25. The molecule has 114 valence electrons. The van der Waals surface area contributed by atoms with Gasteiger partial charge in [0.15, 0.2) is 0 Å². The molecule has 0 unspecified atom stereocenters. The smallest absolute Gasteiger partial charge is 0.314 e. The molecule has 0 aromatic carbocycles. The number of urea groups is 1. The van der Waals surface area contributed by atoms with Gasteiger partial charge in [-0.1, -0.05) is 6.92 Å². The van der Waals surface area contributed by atoms with E-state index in [1.54, 1.807) is 11.3 Å². The highest BCUT2D eigenvalue weighted by Gasteiger charge is 2.21. The largest absolute Gasteiger partial charge is 0.337 e. The first kappa shape index (κ1) is 16.9. The fraction of sp³-hybridized carbons (Fsp3) is 0.714. The van der Waals surface area contributed by atoms with Crippen LogP contribution in [-0.4, -0.2) is 48.6 Å². The van der Waals surface area contributed by atoms with Crippen LogP contribution in [0.2, 0.25) is 0 Å². The third-order valence-corrected chi connectivity index (χ3v) is 4.67. The van der Waals surface area contributed by atoms with Gasteiger partial charge < -0.3 is 15.5 Å². The van der Waals surface area contributed by atoms with Gasteiger partial charge in [0.05, 0.1) is 5.01 Å². The topological polar surface area (TPSA) is 57.3 Å². The minimum Gasteiger partial charge on any atom is -0.337 e. The van der Waals surface area contributed by atoms with E-state index in [0.29, 0.717) is 13.1 Å². The lowest BCUT2D eigenvalue weighted by Crippen LogP contribution is -2.50. The molecule has 1 rings (SSSR count). The van der Waals surface area contributed by atoms with Crippen LogP contribution >= 0.6 is 11.3 Å². The lowest BCUT2D eigenvalue weighted by atomic mass is 10.0. The van der Waals surface area contributed by atoms with Crippen molar-refractivity contribution in [2.24, 2.45) is 0 Å². The van der Waals surface area contributed by atoms with Gasteiger partial charge in [-0.15, -0.1) is 11.3 Å². The molecule has 2 N–H and O–H groups in total. The predicted molar refractivity (Wildman–Crippen MR) is 84.4 cm³/mol. The average molecular weight is 298 g/mol. The first-order chi connectivity index (χ1) is 9.22. The van der Waals surface area contributed by atoms with E-state index in [0.717, 1.165) is 5.01 Å². The molecule has 1 atom stereocenters. The standard InChI is InChI=1S/C14H26N4OS/c1-10(12-15-8-11(2)20-12)7-16-13(19)17-9-14(3,4)18(5)6/h8,10H,7,9H2,1-6H3,(H2,16,17,19)/t10-/m1/s1. The Morgan fingerprint density at radius 1 is 1.45 bits per heavy atom. The Bertz CT molecular complexity index is 442. The molecule has 0 spiro atoms. The maximum atomic E-state index is 11.8. The molecule has 0 aliphatic rings. The number of thiazole rings is 1. The summed E-state index contributed by atoms with van der Waals surface area (Å²) in [6, 6.07) is -0.125. The van der Waals surface area contributed by atoms with Crippen molar-refractivity contribution in [3.8, 4) is 0 Å². The minimum atomic E-state index is -0.125. The molecule has 1 heterocycles. The zero-order valence-electron chi connectivity index (χ0n) is 13.3. The van der Waals surface area contributed by atoms with Crippen LogP contribution in [0.3, 0.4) is 0 Å². The lowest BCUT2D eigenvalue weighted by molar-refractivity contribution is 0.186. The molecule has 1 aromatic rings. The number of amides is 2. The van der Waals surface area contributed by atoms with Crippen molar-refractivity contribution in [2.45, 2.75) is 39.2 Å². The summed E-state index contributed by atoms with van der Waals surface area (Å²) in [6.45, 7) is 9.50. The van der Waals surface area contributed by atoms with E-state index >= 15 is 0 Å². The van der Waals surface area contributed by atoms with E-state index in [1.165, 1.54) is 4.88 Å². The van der Waals surface area contributed by atoms with Crippen molar-refractivity contribution < 1.29 is 4.79 Å². The monoisotopic (exact) mass is 298 g/mol. The highest BCUT2D eigenvalue weighted by molar-refractivity contribution is 7.11. The first-order valence-corrected chi connectivity index (χ1v) is 7.65. The van der Waals surface area contributed by atoms with E-state index in [1.807, 2.05) is 27.2 Å². The summed E-state index contributed by atoms with van der Waals surface area (Å²) < 4.78 is 0. The van der Waals surface area contributed by atoms with Gasteiger partial charge in [-0.3, -0.25) is 0 Å². The van der Waals surface area contributed by atoms with Gasteiger partial charge in [-0.25, -0.2) is 9.78 Å². The number of hydrogen-bond acceptors (Lipinski definition) is 4. The number of hydrogen-bond donors (Lipinski definition) is 2. The van der Waals surface area contributed by atoms with E-state index < -0.39 is 0 Å². The molecular weight excluding hydrogens is 272 g/mol. The van der Waals surface area contributed by atoms with Crippen LogP contribution < -0.4 is 10.6 Å². The maximum absolute atomic E-state index is 11.8. The molecule has 0 saturated carbocycles. The molecule has 0 aliphatic heterocycles. The van der Waals surface area contributed by atoms with Crippen LogP contribution in [0.25, 0.3) is 0 Å². The third kappa shape index (κ3) is 5.09. The second-order valence-electron chi connectivity index (χ2n) is 5.98. The summed E-state index contributed by atoms with van der Waals surface area (Å²) in [5.74, 6) is 0.237. The number of nitrogens with zero attached hydrogens (tertiary/aromatic N) is 2. The van der Waals surface area contributed by atoms with Crippen LogP contribution in [-0.2, 0) is 0 Å². The SMILES string of the molecule is Cc1cnc([C@H](C)CNC(=O)NCC(C)(C)N(C)C)s1. The number of nitrogens with one attached hydrogen (secondary N) is 2. The Morgan fingerprint density at radius 2 is 2.10 bits per heavy atom. The summed E-state index contributed by atoms with van der Waals surface area (Å²) in [5, 5.41) is 6.87. The van der Waals surface area contributed by atoms with Crippen molar-refractivity contribution in [3.63, 3.8) is 0 Å². The minimum absolute atomic E-state index is 0.0601. The van der Waals surface area contributed by atoms with Crippen molar-refractivity contribution in [2.75, 3.05) is 27.2 Å². The number of carbonyl (C=O) groups excluding carboxylic acids is 1. The maximum Gasteiger partial charge on any atom is 0.314 e. The van der Waals surface area contributed by atoms with E-state index in [4.69, 9.17) is 0 Å². The lowest BCUT2D eigenvalue weighted by Gasteiger charge is -2.32. The summed E-state index contributed by atoms with van der Waals surface area (Å²) in [4.78, 5) is 19.4. The molecule has 0 radical (unpaired) electrons. The molecule has 20 heavy (non-hydrogen) atoms. The molecule has 5 nitrogen and oxygen atoms in total. The van der Waals surface area contributed by atoms with Crippen molar-refractivity contribution in [1.29, 1.82) is 0 Å². The summed E-state index contributed by atoms with van der Waals surface area (Å²) in [6.07, 6.45) is 1.87. The van der Waals surface area contributed by atoms with Crippen LogP contribution in [0.15, 0.2) is 6.20 Å². The summed E-state index contributed by atoms with van der Waals surface area (Å²) in [5.41, 5.74) is -0.0601. The van der Waals surface area contributed by atoms with Gasteiger partial charge in [0, 0.05) is 35.6 Å². The Morgan fingerprint density at radius 3 is 2.60 bits per heavy atom. The van der Waals surface area contributed by atoms with Crippen LogP contribution in [0.1, 0.15) is 36.6 Å². The van der Waals surface area contributed by atoms with E-state index in [2.05, 4.69) is 41.3 Å². The van der Waals surface area contributed by atoms with Gasteiger partial charge in [0.25, 0.3) is 0 Å². The zero-order valence-corrected chi connectivity index (χ0v) is 14.1. The average Bonchev–Trinajstić information content (AvgIpc) is 2.80. The predicted octanol–water partition coefficient (Wildman–Crippen LogP) is 2.19. The zero-order chi connectivity index (χ0) is 15.3.